The summed E-state index contributed by atoms with van der Waals surface area (Å²) in [6.45, 7) is 9.20. The van der Waals surface area contributed by atoms with Crippen LogP contribution in [0.3, 0.4) is 0 Å². The molecule has 1 fully saturated rings. The van der Waals surface area contributed by atoms with Crippen LogP contribution in [0.2, 0.25) is 5.02 Å². The van der Waals surface area contributed by atoms with Gasteiger partial charge in [0.05, 0.1) is 6.10 Å². The molecule has 0 N–H and O–H groups in total. The van der Waals surface area contributed by atoms with Gasteiger partial charge in [-0.05, 0) is 53.6 Å². The molecule has 0 radical (unpaired) electrons. The van der Waals surface area contributed by atoms with Gasteiger partial charge in [0, 0.05) is 24.8 Å². The standard InChI is InChI=1S/C26H31ClO5/c1-6-24-15(2)16(3)25(31-18(5)29)26(32-24)20-9-12-23(27)21(14-20)13-19-7-10-22(11-8-19)30-17(4)28/h7-12,14-16,24-26H,6,13H2,1-5H3/t15-,16-,24+,25+,26?/m0/s1. The van der Waals surface area contributed by atoms with Gasteiger partial charge in [-0.2, -0.15) is 0 Å². The topological polar surface area (TPSA) is 61.8 Å². The van der Waals surface area contributed by atoms with Crippen LogP contribution in [0.25, 0.3) is 0 Å². The lowest BCUT2D eigenvalue weighted by atomic mass is 9.78. The summed E-state index contributed by atoms with van der Waals surface area (Å²) in [5.74, 6) is 0.296. The molecular formula is C26H31ClO5. The van der Waals surface area contributed by atoms with E-state index in [0.29, 0.717) is 17.2 Å². The number of ether oxygens (including phenoxy) is 3. The molecule has 0 spiro atoms. The molecule has 0 bridgehead atoms. The van der Waals surface area contributed by atoms with Crippen molar-refractivity contribution in [2.45, 2.75) is 65.8 Å². The lowest BCUT2D eigenvalue weighted by Crippen LogP contribution is -2.46. The van der Waals surface area contributed by atoms with Crippen molar-refractivity contribution in [1.82, 2.24) is 0 Å². The summed E-state index contributed by atoms with van der Waals surface area (Å²) in [5, 5.41) is 0.658. The van der Waals surface area contributed by atoms with Crippen LogP contribution in [0.4, 0.5) is 0 Å². The first-order valence-electron chi connectivity index (χ1n) is 11.1. The van der Waals surface area contributed by atoms with Gasteiger partial charge in [0.2, 0.25) is 0 Å². The first-order chi connectivity index (χ1) is 15.2. The molecule has 0 aliphatic carbocycles. The molecule has 6 heteroatoms. The van der Waals surface area contributed by atoms with E-state index in [1.165, 1.54) is 13.8 Å². The zero-order valence-electron chi connectivity index (χ0n) is 19.3. The molecular weight excluding hydrogens is 428 g/mol. The van der Waals surface area contributed by atoms with Crippen LogP contribution in [-0.4, -0.2) is 24.1 Å². The van der Waals surface area contributed by atoms with E-state index in [2.05, 4.69) is 20.8 Å². The van der Waals surface area contributed by atoms with Gasteiger partial charge in [0.25, 0.3) is 0 Å². The fraction of sp³-hybridized carbons (Fsp3) is 0.462. The molecule has 1 heterocycles. The smallest absolute Gasteiger partial charge is 0.308 e. The summed E-state index contributed by atoms with van der Waals surface area (Å²) in [7, 11) is 0. The Bertz CT molecular complexity index is 955. The zero-order chi connectivity index (χ0) is 23.4. The Balaban J connectivity index is 1.88. The van der Waals surface area contributed by atoms with E-state index in [0.717, 1.165) is 23.1 Å². The van der Waals surface area contributed by atoms with Crippen molar-refractivity contribution < 1.29 is 23.8 Å². The van der Waals surface area contributed by atoms with Crippen molar-refractivity contribution in [3.8, 4) is 5.75 Å². The van der Waals surface area contributed by atoms with Gasteiger partial charge < -0.3 is 14.2 Å². The van der Waals surface area contributed by atoms with Gasteiger partial charge in [0.15, 0.2) is 0 Å². The molecule has 2 aromatic carbocycles. The minimum atomic E-state index is -0.359. The predicted molar refractivity (Wildman–Crippen MR) is 124 cm³/mol. The summed E-state index contributed by atoms with van der Waals surface area (Å²) < 4.78 is 17.3. The molecule has 1 unspecified atom stereocenters. The van der Waals surface area contributed by atoms with Crippen LogP contribution in [0.1, 0.15) is 63.8 Å². The van der Waals surface area contributed by atoms with E-state index in [9.17, 15) is 9.59 Å². The number of rotatable bonds is 6. The summed E-state index contributed by atoms with van der Waals surface area (Å²) in [6, 6.07) is 13.2. The molecule has 5 atom stereocenters. The Kier molecular flexibility index (Phi) is 7.96. The number of carbonyl (C=O) groups excluding carboxylic acids is 2. The summed E-state index contributed by atoms with van der Waals surface area (Å²) >= 11 is 6.52. The molecule has 0 aromatic heterocycles. The van der Waals surface area contributed by atoms with Crippen LogP contribution in [0.5, 0.6) is 5.75 Å². The monoisotopic (exact) mass is 458 g/mol. The van der Waals surface area contributed by atoms with Gasteiger partial charge in [-0.1, -0.05) is 56.6 Å². The lowest BCUT2D eigenvalue weighted by Gasteiger charge is -2.44. The summed E-state index contributed by atoms with van der Waals surface area (Å²) in [5.41, 5.74) is 2.94. The first-order valence-corrected chi connectivity index (χ1v) is 11.5. The van der Waals surface area contributed by atoms with E-state index in [1.807, 2.05) is 30.3 Å². The molecule has 1 aliphatic rings. The van der Waals surface area contributed by atoms with Crippen LogP contribution in [-0.2, 0) is 25.5 Å². The Morgan fingerprint density at radius 2 is 1.69 bits per heavy atom. The quantitative estimate of drug-likeness (QED) is 0.397. The fourth-order valence-corrected chi connectivity index (χ4v) is 4.55. The molecule has 1 aliphatic heterocycles. The van der Waals surface area contributed by atoms with E-state index in [4.69, 9.17) is 25.8 Å². The number of benzene rings is 2. The van der Waals surface area contributed by atoms with Crippen molar-refractivity contribution in [2.75, 3.05) is 0 Å². The highest BCUT2D eigenvalue weighted by Gasteiger charge is 2.43. The zero-order valence-corrected chi connectivity index (χ0v) is 20.0. The highest BCUT2D eigenvalue weighted by Crippen LogP contribution is 2.42. The third kappa shape index (κ3) is 5.70. The second-order valence-corrected chi connectivity index (χ2v) is 8.97. The minimum absolute atomic E-state index is 0.0924. The largest absolute Gasteiger partial charge is 0.459 e. The van der Waals surface area contributed by atoms with E-state index >= 15 is 0 Å². The fourth-order valence-electron chi connectivity index (χ4n) is 4.37. The molecule has 0 amide bonds. The van der Waals surface area contributed by atoms with Gasteiger partial charge in [-0.3, -0.25) is 9.59 Å². The molecule has 1 saturated heterocycles. The third-order valence-electron chi connectivity index (χ3n) is 6.24. The molecule has 0 saturated carbocycles. The Labute approximate surface area is 195 Å². The van der Waals surface area contributed by atoms with E-state index < -0.39 is 0 Å². The maximum atomic E-state index is 11.8. The highest BCUT2D eigenvalue weighted by atomic mass is 35.5. The average molecular weight is 459 g/mol. The number of esters is 2. The van der Waals surface area contributed by atoms with Crippen LogP contribution < -0.4 is 4.74 Å². The van der Waals surface area contributed by atoms with Crippen LogP contribution in [0.15, 0.2) is 42.5 Å². The number of hydrogen-bond acceptors (Lipinski definition) is 5. The molecule has 3 rings (SSSR count). The van der Waals surface area contributed by atoms with E-state index in [-0.39, 0.29) is 42.1 Å². The van der Waals surface area contributed by atoms with Gasteiger partial charge in [-0.15, -0.1) is 0 Å². The average Bonchev–Trinajstić information content (AvgIpc) is 2.74. The Morgan fingerprint density at radius 1 is 1.00 bits per heavy atom. The predicted octanol–water partition coefficient (Wildman–Crippen LogP) is 5.91. The van der Waals surface area contributed by atoms with Crippen molar-refractivity contribution in [3.05, 3.63) is 64.2 Å². The van der Waals surface area contributed by atoms with Gasteiger partial charge in [-0.25, -0.2) is 0 Å². The van der Waals surface area contributed by atoms with Crippen LogP contribution in [0, 0.1) is 11.8 Å². The maximum Gasteiger partial charge on any atom is 0.308 e. The molecule has 172 valence electrons. The Morgan fingerprint density at radius 3 is 2.28 bits per heavy atom. The van der Waals surface area contributed by atoms with Gasteiger partial charge >= 0.3 is 11.9 Å². The first kappa shape index (κ1) is 24.3. The summed E-state index contributed by atoms with van der Waals surface area (Å²) in [6.07, 6.45) is 0.889. The van der Waals surface area contributed by atoms with Crippen LogP contribution >= 0.6 is 11.6 Å². The normalized spacial score (nSPS) is 25.2. The number of halogens is 1. The molecule has 5 nitrogen and oxygen atoms in total. The minimum Gasteiger partial charge on any atom is -0.459 e. The van der Waals surface area contributed by atoms with Crippen molar-refractivity contribution >= 4 is 23.5 Å². The van der Waals surface area contributed by atoms with Crippen molar-refractivity contribution in [2.24, 2.45) is 11.8 Å². The summed E-state index contributed by atoms with van der Waals surface area (Å²) in [4.78, 5) is 22.9. The molecule has 32 heavy (non-hydrogen) atoms. The number of carbonyl (C=O) groups is 2. The second-order valence-electron chi connectivity index (χ2n) is 8.56. The van der Waals surface area contributed by atoms with E-state index in [1.54, 1.807) is 12.1 Å². The highest BCUT2D eigenvalue weighted by molar-refractivity contribution is 6.31. The third-order valence-corrected chi connectivity index (χ3v) is 6.60. The number of hydrogen-bond donors (Lipinski definition) is 0. The Hall–Kier alpha value is -2.37. The van der Waals surface area contributed by atoms with Crippen molar-refractivity contribution in [1.29, 1.82) is 0 Å². The maximum absolute atomic E-state index is 11.8. The SMILES string of the molecule is CC[C@H]1OC(c2ccc(Cl)c(Cc3ccc(OC(C)=O)cc3)c2)[C@H](OC(C)=O)[C@@H](C)[C@@H]1C. The lowest BCUT2D eigenvalue weighted by molar-refractivity contribution is -0.196. The van der Waals surface area contributed by atoms with Crippen molar-refractivity contribution in [3.63, 3.8) is 0 Å². The molecule has 2 aromatic rings. The van der Waals surface area contributed by atoms with Gasteiger partial charge in [0.1, 0.15) is 18.0 Å². The second kappa shape index (κ2) is 10.5.